The maximum absolute atomic E-state index is 11.6. The van der Waals surface area contributed by atoms with Gasteiger partial charge in [-0.05, 0) is 26.2 Å². The van der Waals surface area contributed by atoms with E-state index in [1.54, 1.807) is 13.2 Å². The summed E-state index contributed by atoms with van der Waals surface area (Å²) in [7, 11) is 7.55. The molecule has 0 saturated carbocycles. The number of methoxy groups -OCH3 is 1. The zero-order chi connectivity index (χ0) is 22.1. The Bertz CT molecular complexity index is 694. The Morgan fingerprint density at radius 3 is 2.21 bits per heavy atom. The van der Waals surface area contributed by atoms with Gasteiger partial charge in [-0.3, -0.25) is 4.79 Å². The van der Waals surface area contributed by atoms with Crippen molar-refractivity contribution in [1.29, 1.82) is 0 Å². The topological polar surface area (TPSA) is 108 Å². The maximum Gasteiger partial charge on any atom is 0.490 e. The van der Waals surface area contributed by atoms with Crippen molar-refractivity contribution >= 4 is 28.9 Å². The molecule has 0 atom stereocenters. The number of ether oxygens (including phenoxy) is 1. The van der Waals surface area contributed by atoms with E-state index < -0.39 is 12.1 Å². The van der Waals surface area contributed by atoms with E-state index >= 15 is 0 Å². The van der Waals surface area contributed by atoms with Crippen LogP contribution < -0.4 is 20.7 Å². The van der Waals surface area contributed by atoms with E-state index in [0.29, 0.717) is 17.1 Å². The number of nitrogens with zero attached hydrogens (tertiary/aromatic N) is 2. The summed E-state index contributed by atoms with van der Waals surface area (Å²) in [6, 6.07) is 3.52. The molecule has 0 heterocycles. The Morgan fingerprint density at radius 2 is 1.82 bits per heavy atom. The van der Waals surface area contributed by atoms with Gasteiger partial charge in [-0.2, -0.15) is 13.2 Å². The summed E-state index contributed by atoms with van der Waals surface area (Å²) in [6.07, 6.45) is -3.86. The predicted molar refractivity (Wildman–Crippen MR) is 102 cm³/mol. The summed E-state index contributed by atoms with van der Waals surface area (Å²) in [4.78, 5) is 24.6. The molecule has 1 rings (SSSR count). The molecule has 0 fully saturated rings. The first kappa shape index (κ1) is 25.1. The summed E-state index contributed by atoms with van der Waals surface area (Å²) in [5, 5.41) is 9.90. The number of nitrogen functional groups attached to an aromatic ring is 1. The summed E-state index contributed by atoms with van der Waals surface area (Å²) >= 11 is 0. The smallest absolute Gasteiger partial charge is 0.490 e. The molecule has 8 nitrogen and oxygen atoms in total. The molecule has 0 aliphatic carbocycles. The molecular formula is C17H25F3N4O4. The van der Waals surface area contributed by atoms with Gasteiger partial charge in [-0.25, -0.2) is 4.79 Å². The lowest BCUT2D eigenvalue weighted by atomic mass is 10.2. The van der Waals surface area contributed by atoms with Crippen molar-refractivity contribution in [2.75, 3.05) is 57.3 Å². The van der Waals surface area contributed by atoms with Crippen molar-refractivity contribution in [2.24, 2.45) is 0 Å². The van der Waals surface area contributed by atoms with Gasteiger partial charge in [0.05, 0.1) is 24.2 Å². The number of amides is 1. The number of carbonyl (C=O) groups excluding carboxylic acids is 1. The van der Waals surface area contributed by atoms with Gasteiger partial charge in [0.2, 0.25) is 5.91 Å². The van der Waals surface area contributed by atoms with Gasteiger partial charge in [0.1, 0.15) is 5.75 Å². The Balaban J connectivity index is 0.000000887. The molecule has 0 aliphatic rings. The summed E-state index contributed by atoms with van der Waals surface area (Å²) in [5.74, 6) is -2.45. The molecule has 4 N–H and O–H groups in total. The number of nitrogens with two attached hydrogens (primary N) is 1. The van der Waals surface area contributed by atoms with E-state index in [1.807, 2.05) is 32.1 Å². The molecular weight excluding hydrogens is 381 g/mol. The van der Waals surface area contributed by atoms with E-state index in [2.05, 4.69) is 16.8 Å². The van der Waals surface area contributed by atoms with E-state index in [0.717, 1.165) is 18.8 Å². The number of rotatable bonds is 7. The second kappa shape index (κ2) is 11.0. The van der Waals surface area contributed by atoms with Crippen LogP contribution in [0.25, 0.3) is 0 Å². The lowest BCUT2D eigenvalue weighted by molar-refractivity contribution is -0.192. The Labute approximate surface area is 161 Å². The highest BCUT2D eigenvalue weighted by Crippen LogP contribution is 2.35. The van der Waals surface area contributed by atoms with Gasteiger partial charge < -0.3 is 30.7 Å². The number of carboxylic acids is 1. The minimum absolute atomic E-state index is 0.276. The summed E-state index contributed by atoms with van der Waals surface area (Å²) in [5.41, 5.74) is 7.87. The zero-order valence-corrected chi connectivity index (χ0v) is 16.1. The van der Waals surface area contributed by atoms with Gasteiger partial charge >= 0.3 is 12.1 Å². The number of benzene rings is 1. The highest BCUT2D eigenvalue weighted by Gasteiger charge is 2.38. The van der Waals surface area contributed by atoms with Crippen LogP contribution in [0.3, 0.4) is 0 Å². The molecule has 28 heavy (non-hydrogen) atoms. The Hall–Kier alpha value is -2.95. The van der Waals surface area contributed by atoms with Crippen LogP contribution in [0.1, 0.15) is 0 Å². The molecule has 0 unspecified atom stereocenters. The lowest BCUT2D eigenvalue weighted by Crippen LogP contribution is -2.29. The number of alkyl halides is 3. The van der Waals surface area contributed by atoms with Gasteiger partial charge in [0.15, 0.2) is 0 Å². The van der Waals surface area contributed by atoms with Gasteiger partial charge in [-0.15, -0.1) is 0 Å². The van der Waals surface area contributed by atoms with Crippen LogP contribution in [-0.2, 0) is 9.59 Å². The third-order valence-corrected chi connectivity index (χ3v) is 3.33. The average Bonchev–Trinajstić information content (AvgIpc) is 2.59. The largest absolute Gasteiger partial charge is 0.495 e. The molecule has 0 aliphatic heterocycles. The van der Waals surface area contributed by atoms with Crippen LogP contribution in [0.5, 0.6) is 5.75 Å². The SMILES string of the molecule is C=CC(=O)Nc1cc(N)c(OC)cc1N(C)CCN(C)C.O=C(O)C(F)(F)F. The summed E-state index contributed by atoms with van der Waals surface area (Å²) in [6.45, 7) is 5.15. The van der Waals surface area contributed by atoms with Crippen LogP contribution in [0.15, 0.2) is 24.8 Å². The highest BCUT2D eigenvalue weighted by molar-refractivity contribution is 6.02. The van der Waals surface area contributed by atoms with Crippen molar-refractivity contribution in [3.63, 3.8) is 0 Å². The molecule has 158 valence electrons. The predicted octanol–water partition coefficient (Wildman–Crippen LogP) is 2.03. The minimum atomic E-state index is -5.08. The molecule has 11 heteroatoms. The first-order valence-electron chi connectivity index (χ1n) is 7.90. The maximum atomic E-state index is 11.6. The monoisotopic (exact) mass is 406 g/mol. The molecule has 0 aromatic heterocycles. The molecule has 1 amide bonds. The Morgan fingerprint density at radius 1 is 1.29 bits per heavy atom. The van der Waals surface area contributed by atoms with Crippen molar-refractivity contribution in [1.82, 2.24) is 4.90 Å². The first-order valence-corrected chi connectivity index (χ1v) is 7.90. The van der Waals surface area contributed by atoms with Crippen molar-refractivity contribution < 1.29 is 32.6 Å². The van der Waals surface area contributed by atoms with Crippen LogP contribution >= 0.6 is 0 Å². The number of halogens is 3. The quantitative estimate of drug-likeness (QED) is 0.470. The molecule has 1 aromatic rings. The number of aliphatic carboxylic acids is 1. The molecule has 0 saturated heterocycles. The van der Waals surface area contributed by atoms with Gasteiger partial charge in [-0.1, -0.05) is 6.58 Å². The van der Waals surface area contributed by atoms with Crippen LogP contribution in [-0.4, -0.2) is 69.4 Å². The first-order chi connectivity index (χ1) is 12.8. The van der Waals surface area contributed by atoms with Crippen molar-refractivity contribution in [2.45, 2.75) is 6.18 Å². The van der Waals surface area contributed by atoms with Crippen LogP contribution in [0, 0.1) is 0 Å². The number of carboxylic acid groups (broad SMARTS) is 1. The minimum Gasteiger partial charge on any atom is -0.495 e. The normalized spacial score (nSPS) is 10.6. The third-order valence-electron chi connectivity index (χ3n) is 3.33. The van der Waals surface area contributed by atoms with Crippen molar-refractivity contribution in [3.05, 3.63) is 24.8 Å². The average molecular weight is 406 g/mol. The molecule has 0 radical (unpaired) electrons. The fourth-order valence-corrected chi connectivity index (χ4v) is 1.83. The number of nitrogens with one attached hydrogen (secondary N) is 1. The number of anilines is 3. The second-order valence-electron chi connectivity index (χ2n) is 5.83. The van der Waals surface area contributed by atoms with E-state index in [-0.39, 0.29) is 5.91 Å². The van der Waals surface area contributed by atoms with Crippen LogP contribution in [0.2, 0.25) is 0 Å². The molecule has 0 spiro atoms. The fourth-order valence-electron chi connectivity index (χ4n) is 1.83. The summed E-state index contributed by atoms with van der Waals surface area (Å²) < 4.78 is 37.0. The number of hydrogen-bond donors (Lipinski definition) is 3. The van der Waals surface area contributed by atoms with Gasteiger partial charge in [0, 0.05) is 26.2 Å². The zero-order valence-electron chi connectivity index (χ0n) is 16.1. The number of likely N-dealkylation sites (N-methyl/N-ethyl adjacent to an activating group) is 2. The van der Waals surface area contributed by atoms with Crippen molar-refractivity contribution in [3.8, 4) is 5.75 Å². The molecule has 1 aromatic carbocycles. The molecule has 0 bridgehead atoms. The third kappa shape index (κ3) is 8.62. The van der Waals surface area contributed by atoms with Crippen LogP contribution in [0.4, 0.5) is 30.2 Å². The van der Waals surface area contributed by atoms with E-state index in [4.69, 9.17) is 20.4 Å². The van der Waals surface area contributed by atoms with E-state index in [1.165, 1.54) is 6.08 Å². The standard InChI is InChI=1S/C15H24N4O2.C2HF3O2/c1-6-15(20)17-12-9-11(16)14(21-5)10-13(12)19(4)8-7-18(2)3;3-2(4,5)1(6)7/h6,9-10H,1,7-8,16H2,2-5H3,(H,17,20);(H,6,7). The number of hydrogen-bond acceptors (Lipinski definition) is 6. The lowest BCUT2D eigenvalue weighted by Gasteiger charge is -2.25. The highest BCUT2D eigenvalue weighted by atomic mass is 19.4. The Kier molecular flexibility index (Phi) is 9.86. The van der Waals surface area contributed by atoms with Gasteiger partial charge in [0.25, 0.3) is 0 Å². The second-order valence-corrected chi connectivity index (χ2v) is 5.83. The number of carbonyl (C=O) groups is 2. The fraction of sp³-hybridized carbons (Fsp3) is 0.412. The van der Waals surface area contributed by atoms with E-state index in [9.17, 15) is 18.0 Å².